The number of para-hydroxylation sites is 1. The highest BCUT2D eigenvalue weighted by molar-refractivity contribution is 5.83. The molecule has 0 saturated carbocycles. The Morgan fingerprint density at radius 3 is 2.40 bits per heavy atom. The molecule has 100 valence electrons. The Morgan fingerprint density at radius 2 is 1.65 bits per heavy atom. The lowest BCUT2D eigenvalue weighted by atomic mass is 9.95. The predicted molar refractivity (Wildman–Crippen MR) is 83.8 cm³/mol. The van der Waals surface area contributed by atoms with Crippen LogP contribution in [-0.4, -0.2) is 12.0 Å². The summed E-state index contributed by atoms with van der Waals surface area (Å²) in [6, 6.07) is 21.2. The second-order valence-corrected chi connectivity index (χ2v) is 5.00. The normalized spacial score (nSPS) is 12.5. The van der Waals surface area contributed by atoms with Crippen LogP contribution in [0.1, 0.15) is 22.9 Å². The molecular weight excluding hydrogens is 244 g/mol. The smallest absolute Gasteiger partial charge is 0.0708 e. The van der Waals surface area contributed by atoms with Crippen LogP contribution in [-0.2, 0) is 0 Å². The molecule has 0 aliphatic rings. The highest BCUT2D eigenvalue weighted by atomic mass is 14.9. The van der Waals surface area contributed by atoms with Crippen LogP contribution in [0, 0.1) is 6.92 Å². The van der Waals surface area contributed by atoms with Crippen LogP contribution in [0.5, 0.6) is 0 Å². The van der Waals surface area contributed by atoms with E-state index < -0.39 is 0 Å². The van der Waals surface area contributed by atoms with Crippen molar-refractivity contribution in [2.24, 2.45) is 0 Å². The number of rotatable bonds is 3. The molecule has 1 unspecified atom stereocenters. The van der Waals surface area contributed by atoms with Gasteiger partial charge >= 0.3 is 0 Å². The number of hydrogen-bond acceptors (Lipinski definition) is 2. The summed E-state index contributed by atoms with van der Waals surface area (Å²) in [5.41, 5.74) is 4.65. The summed E-state index contributed by atoms with van der Waals surface area (Å²) in [4.78, 5) is 4.62. The summed E-state index contributed by atoms with van der Waals surface area (Å²) >= 11 is 0. The lowest BCUT2D eigenvalue weighted by Gasteiger charge is -2.19. The van der Waals surface area contributed by atoms with Gasteiger partial charge in [0.15, 0.2) is 0 Å². The van der Waals surface area contributed by atoms with Gasteiger partial charge in [-0.25, -0.2) is 0 Å². The quantitative estimate of drug-likeness (QED) is 0.775. The van der Waals surface area contributed by atoms with E-state index in [1.165, 1.54) is 16.5 Å². The molecule has 1 heterocycles. The molecule has 3 aromatic rings. The molecule has 3 rings (SSSR count). The van der Waals surface area contributed by atoms with E-state index in [4.69, 9.17) is 0 Å². The Morgan fingerprint density at radius 1 is 0.950 bits per heavy atom. The molecular formula is C18H18N2. The number of nitrogens with zero attached hydrogens (tertiary/aromatic N) is 1. The fraction of sp³-hybridized carbons (Fsp3) is 0.167. The lowest BCUT2D eigenvalue weighted by Crippen LogP contribution is -2.18. The Balaban J connectivity index is 2.22. The second-order valence-electron chi connectivity index (χ2n) is 5.00. The molecule has 0 aliphatic heterocycles. The van der Waals surface area contributed by atoms with E-state index in [0.717, 1.165) is 11.2 Å². The minimum absolute atomic E-state index is 0.183. The molecule has 2 heteroatoms. The monoisotopic (exact) mass is 262 g/mol. The molecule has 1 N–H and O–H groups in total. The van der Waals surface area contributed by atoms with Crippen LogP contribution in [0.3, 0.4) is 0 Å². The molecule has 1 aromatic heterocycles. The maximum absolute atomic E-state index is 4.62. The van der Waals surface area contributed by atoms with Crippen LogP contribution in [0.4, 0.5) is 0 Å². The summed E-state index contributed by atoms with van der Waals surface area (Å²) in [5.74, 6) is 0. The van der Waals surface area contributed by atoms with Crippen LogP contribution in [0.15, 0.2) is 60.7 Å². The van der Waals surface area contributed by atoms with Crippen molar-refractivity contribution in [3.8, 4) is 0 Å². The summed E-state index contributed by atoms with van der Waals surface area (Å²) in [5, 5.41) is 4.64. The number of benzene rings is 2. The van der Waals surface area contributed by atoms with Gasteiger partial charge in [-0.3, -0.25) is 4.98 Å². The first-order valence-electron chi connectivity index (χ1n) is 6.88. The first kappa shape index (κ1) is 12.8. The molecule has 2 aromatic carbocycles. The van der Waals surface area contributed by atoms with Gasteiger partial charge in [0.2, 0.25) is 0 Å². The largest absolute Gasteiger partial charge is 0.309 e. The topological polar surface area (TPSA) is 24.9 Å². The third-order valence-corrected chi connectivity index (χ3v) is 3.61. The van der Waals surface area contributed by atoms with Crippen molar-refractivity contribution in [1.29, 1.82) is 0 Å². The predicted octanol–water partition coefficient (Wildman–Crippen LogP) is 3.85. The number of pyridine rings is 1. The van der Waals surface area contributed by atoms with E-state index in [0.29, 0.717) is 0 Å². The van der Waals surface area contributed by atoms with Gasteiger partial charge in [-0.1, -0.05) is 48.5 Å². The standard InChI is InChI=1S/C18H18N2/c1-13-12-16(15-10-6-7-11-17(15)20-13)18(19-2)14-8-4-3-5-9-14/h3-12,18-19H,1-2H3. The van der Waals surface area contributed by atoms with Gasteiger partial charge in [-0.2, -0.15) is 0 Å². The Bertz CT molecular complexity index is 720. The molecule has 0 radical (unpaired) electrons. The van der Waals surface area contributed by atoms with Crippen LogP contribution in [0.2, 0.25) is 0 Å². The molecule has 0 aliphatic carbocycles. The van der Waals surface area contributed by atoms with E-state index in [9.17, 15) is 0 Å². The third kappa shape index (κ3) is 2.30. The zero-order chi connectivity index (χ0) is 13.9. The van der Waals surface area contributed by atoms with Crippen molar-refractivity contribution >= 4 is 10.9 Å². The highest BCUT2D eigenvalue weighted by Gasteiger charge is 2.15. The van der Waals surface area contributed by atoms with Crippen molar-refractivity contribution in [3.05, 3.63) is 77.5 Å². The summed E-state index contributed by atoms with van der Waals surface area (Å²) in [6.07, 6.45) is 0. The number of aryl methyl sites for hydroxylation is 1. The Kier molecular flexibility index (Phi) is 3.48. The van der Waals surface area contributed by atoms with Crippen molar-refractivity contribution in [2.75, 3.05) is 7.05 Å². The maximum atomic E-state index is 4.62. The minimum Gasteiger partial charge on any atom is -0.309 e. The highest BCUT2D eigenvalue weighted by Crippen LogP contribution is 2.28. The van der Waals surface area contributed by atoms with Gasteiger partial charge < -0.3 is 5.32 Å². The van der Waals surface area contributed by atoms with Gasteiger partial charge in [0.25, 0.3) is 0 Å². The Labute approximate surface area is 119 Å². The van der Waals surface area contributed by atoms with Gasteiger partial charge in [0.05, 0.1) is 11.6 Å². The van der Waals surface area contributed by atoms with Crippen molar-refractivity contribution < 1.29 is 0 Å². The zero-order valence-corrected chi connectivity index (χ0v) is 11.8. The fourth-order valence-electron chi connectivity index (χ4n) is 2.73. The molecule has 0 bridgehead atoms. The molecule has 2 nitrogen and oxygen atoms in total. The number of hydrogen-bond donors (Lipinski definition) is 1. The summed E-state index contributed by atoms with van der Waals surface area (Å²) in [6.45, 7) is 2.05. The SMILES string of the molecule is CNC(c1ccccc1)c1cc(C)nc2ccccc12. The van der Waals surface area contributed by atoms with E-state index in [2.05, 4.69) is 58.8 Å². The maximum Gasteiger partial charge on any atom is 0.0708 e. The molecule has 0 spiro atoms. The molecule has 0 fully saturated rings. The van der Waals surface area contributed by atoms with E-state index in [-0.39, 0.29) is 6.04 Å². The summed E-state index contributed by atoms with van der Waals surface area (Å²) in [7, 11) is 2.00. The van der Waals surface area contributed by atoms with Crippen LogP contribution in [0.25, 0.3) is 10.9 Å². The van der Waals surface area contributed by atoms with Crippen molar-refractivity contribution in [2.45, 2.75) is 13.0 Å². The van der Waals surface area contributed by atoms with E-state index in [1.807, 2.05) is 26.1 Å². The van der Waals surface area contributed by atoms with Crippen molar-refractivity contribution in [1.82, 2.24) is 10.3 Å². The number of fused-ring (bicyclic) bond motifs is 1. The van der Waals surface area contributed by atoms with Gasteiger partial charge in [0, 0.05) is 11.1 Å². The van der Waals surface area contributed by atoms with E-state index in [1.54, 1.807) is 0 Å². The lowest BCUT2D eigenvalue weighted by molar-refractivity contribution is 0.695. The van der Waals surface area contributed by atoms with Gasteiger partial charge in [-0.05, 0) is 37.2 Å². The van der Waals surface area contributed by atoms with E-state index >= 15 is 0 Å². The molecule has 0 amide bonds. The molecule has 0 saturated heterocycles. The summed E-state index contributed by atoms with van der Waals surface area (Å²) < 4.78 is 0. The van der Waals surface area contributed by atoms with Gasteiger partial charge in [0.1, 0.15) is 0 Å². The average molecular weight is 262 g/mol. The molecule has 1 atom stereocenters. The zero-order valence-electron chi connectivity index (χ0n) is 11.8. The average Bonchev–Trinajstić information content (AvgIpc) is 2.49. The fourth-order valence-corrected chi connectivity index (χ4v) is 2.73. The number of nitrogens with one attached hydrogen (secondary N) is 1. The Hall–Kier alpha value is -2.19. The first-order valence-corrected chi connectivity index (χ1v) is 6.88. The molecule has 20 heavy (non-hydrogen) atoms. The minimum atomic E-state index is 0.183. The van der Waals surface area contributed by atoms with Crippen LogP contribution >= 0.6 is 0 Å². The van der Waals surface area contributed by atoms with Crippen LogP contribution < -0.4 is 5.32 Å². The van der Waals surface area contributed by atoms with Crippen molar-refractivity contribution in [3.63, 3.8) is 0 Å². The second kappa shape index (κ2) is 5.43. The number of aromatic nitrogens is 1. The third-order valence-electron chi connectivity index (χ3n) is 3.61. The first-order chi connectivity index (χ1) is 9.79. The van der Waals surface area contributed by atoms with Gasteiger partial charge in [-0.15, -0.1) is 0 Å².